The molecule has 7 nitrogen and oxygen atoms in total. The van der Waals surface area contributed by atoms with Crippen LogP contribution in [-0.4, -0.2) is 27.7 Å². The van der Waals surface area contributed by atoms with Crippen molar-refractivity contribution in [1.29, 1.82) is 0 Å². The van der Waals surface area contributed by atoms with Gasteiger partial charge < -0.3 is 9.64 Å². The Morgan fingerprint density at radius 3 is 2.81 bits per heavy atom. The predicted octanol–water partition coefficient (Wildman–Crippen LogP) is 1.44. The Labute approximate surface area is 154 Å². The van der Waals surface area contributed by atoms with Crippen LogP contribution in [-0.2, 0) is 22.5 Å². The fourth-order valence-corrected chi connectivity index (χ4v) is 3.87. The zero-order valence-electron chi connectivity index (χ0n) is 14.9. The number of halogens is 1. The van der Waals surface area contributed by atoms with Gasteiger partial charge in [0.15, 0.2) is 0 Å². The largest absolute Gasteiger partial charge is 0.358 e. The van der Waals surface area contributed by atoms with Crippen LogP contribution in [0.4, 0.5) is 10.1 Å². The highest BCUT2D eigenvalue weighted by molar-refractivity contribution is 5.96. The van der Waals surface area contributed by atoms with Crippen LogP contribution in [0.25, 0.3) is 0 Å². The van der Waals surface area contributed by atoms with E-state index in [0.29, 0.717) is 24.0 Å². The molecule has 1 amide bonds. The van der Waals surface area contributed by atoms with Crippen LogP contribution in [0.5, 0.6) is 0 Å². The monoisotopic (exact) mass is 373 g/mol. The smallest absolute Gasteiger partial charge is 0.333 e. The van der Waals surface area contributed by atoms with Gasteiger partial charge in [-0.1, -0.05) is 18.2 Å². The lowest BCUT2D eigenvalue weighted by atomic mass is 10.1. The summed E-state index contributed by atoms with van der Waals surface area (Å²) in [7, 11) is 0. The van der Waals surface area contributed by atoms with E-state index in [4.69, 9.17) is 4.74 Å². The quantitative estimate of drug-likeness (QED) is 0.816. The van der Waals surface area contributed by atoms with Gasteiger partial charge in [-0.15, -0.1) is 0 Å². The molecule has 0 spiro atoms. The Balaban J connectivity index is 1.69. The van der Waals surface area contributed by atoms with E-state index in [2.05, 4.69) is 0 Å². The zero-order chi connectivity index (χ0) is 19.1. The van der Waals surface area contributed by atoms with Gasteiger partial charge in [-0.25, -0.2) is 9.36 Å². The number of benzene rings is 1. The second-order valence-electron chi connectivity index (χ2n) is 6.97. The Hall–Kier alpha value is -2.74. The van der Waals surface area contributed by atoms with Gasteiger partial charge in [0.25, 0.3) is 5.56 Å². The molecule has 0 aliphatic carbocycles. The van der Waals surface area contributed by atoms with E-state index in [-0.39, 0.29) is 6.04 Å². The number of carbonyl (C=O) groups is 1. The van der Waals surface area contributed by atoms with Crippen LogP contribution in [0.15, 0.2) is 40.1 Å². The summed E-state index contributed by atoms with van der Waals surface area (Å²) in [4.78, 5) is 39.4. The van der Waals surface area contributed by atoms with Crippen LogP contribution in [0, 0.1) is 5.82 Å². The molecule has 0 bridgehead atoms. The Morgan fingerprint density at radius 1 is 1.30 bits per heavy atom. The van der Waals surface area contributed by atoms with Crippen molar-refractivity contribution in [2.45, 2.75) is 45.0 Å². The maximum Gasteiger partial charge on any atom is 0.333 e. The summed E-state index contributed by atoms with van der Waals surface area (Å²) in [6.07, 6.45) is 2.26. The molecule has 0 radical (unpaired) electrons. The van der Waals surface area contributed by atoms with E-state index < -0.39 is 35.7 Å². The Bertz CT molecular complexity index is 1010. The Kier molecular flexibility index (Phi) is 4.43. The second kappa shape index (κ2) is 6.77. The van der Waals surface area contributed by atoms with Crippen LogP contribution in [0.2, 0.25) is 0 Å². The van der Waals surface area contributed by atoms with E-state index in [1.807, 2.05) is 31.2 Å². The molecule has 3 heterocycles. The summed E-state index contributed by atoms with van der Waals surface area (Å²) < 4.78 is 21.3. The number of hydrogen-bond acceptors (Lipinski definition) is 4. The molecule has 2 aliphatic rings. The molecule has 2 atom stereocenters. The van der Waals surface area contributed by atoms with Gasteiger partial charge in [-0.05, 0) is 37.8 Å². The number of ether oxygens (including phenoxy) is 1. The van der Waals surface area contributed by atoms with E-state index >= 15 is 0 Å². The Morgan fingerprint density at radius 2 is 2.07 bits per heavy atom. The molecular formula is C19H20FN3O4. The summed E-state index contributed by atoms with van der Waals surface area (Å²) in [6, 6.07) is 7.40. The van der Waals surface area contributed by atoms with E-state index in [0.717, 1.165) is 28.4 Å². The van der Waals surface area contributed by atoms with Crippen molar-refractivity contribution in [2.75, 3.05) is 11.5 Å². The highest BCUT2D eigenvalue weighted by Crippen LogP contribution is 2.31. The topological polar surface area (TPSA) is 73.5 Å². The molecule has 0 saturated carbocycles. The number of hydrogen-bond donors (Lipinski definition) is 0. The first-order valence-corrected chi connectivity index (χ1v) is 9.00. The third-order valence-corrected chi connectivity index (χ3v) is 5.14. The van der Waals surface area contributed by atoms with Gasteiger partial charge in [0.1, 0.15) is 12.8 Å². The van der Waals surface area contributed by atoms with Gasteiger partial charge >= 0.3 is 5.69 Å². The first kappa shape index (κ1) is 17.7. The standard InChI is InChI=1S/C19H20FN3O4/c1-12-9-13-5-2-3-6-15(13)23(12)16(24)11-22-18(25)14(20)10-21(19(22)26)17-7-4-8-27-17/h2-3,5-6,10,12,17H,4,7-9,11H2,1H3/t12-,17+/m0/s1. The summed E-state index contributed by atoms with van der Waals surface area (Å²) >= 11 is 0. The van der Waals surface area contributed by atoms with Gasteiger partial charge in [-0.2, -0.15) is 4.39 Å². The van der Waals surface area contributed by atoms with Gasteiger partial charge in [-0.3, -0.25) is 14.2 Å². The molecule has 0 unspecified atom stereocenters. The summed E-state index contributed by atoms with van der Waals surface area (Å²) in [5.74, 6) is -1.50. The molecule has 2 aliphatic heterocycles. The molecule has 0 N–H and O–H groups in total. The number of aromatic nitrogens is 2. The average Bonchev–Trinajstić information content (AvgIpc) is 3.28. The molecule has 27 heavy (non-hydrogen) atoms. The molecular weight excluding hydrogens is 353 g/mol. The molecule has 1 saturated heterocycles. The number of amides is 1. The van der Waals surface area contributed by atoms with Crippen molar-refractivity contribution in [1.82, 2.24) is 9.13 Å². The van der Waals surface area contributed by atoms with Crippen LogP contribution < -0.4 is 16.1 Å². The first-order chi connectivity index (χ1) is 13.0. The third kappa shape index (κ3) is 2.99. The number of rotatable bonds is 3. The minimum atomic E-state index is -1.09. The zero-order valence-corrected chi connectivity index (χ0v) is 14.9. The SMILES string of the molecule is C[C@H]1Cc2ccccc2N1C(=O)Cn1c(=O)c(F)cn([C@H]2CCCO2)c1=O. The van der Waals surface area contributed by atoms with Crippen LogP contribution >= 0.6 is 0 Å². The molecule has 142 valence electrons. The van der Waals surface area contributed by atoms with Crippen molar-refractivity contribution in [3.05, 3.63) is 62.7 Å². The van der Waals surface area contributed by atoms with Crippen molar-refractivity contribution in [3.63, 3.8) is 0 Å². The van der Waals surface area contributed by atoms with Crippen molar-refractivity contribution in [2.24, 2.45) is 0 Å². The number of para-hydroxylation sites is 1. The van der Waals surface area contributed by atoms with Crippen molar-refractivity contribution < 1.29 is 13.9 Å². The molecule has 2 aromatic rings. The van der Waals surface area contributed by atoms with Crippen molar-refractivity contribution in [3.8, 4) is 0 Å². The number of nitrogens with zero attached hydrogens (tertiary/aromatic N) is 3. The van der Waals surface area contributed by atoms with E-state index in [9.17, 15) is 18.8 Å². The second-order valence-corrected chi connectivity index (χ2v) is 6.97. The van der Waals surface area contributed by atoms with Crippen LogP contribution in [0.1, 0.15) is 31.6 Å². The molecule has 4 rings (SSSR count). The minimum absolute atomic E-state index is 0.0976. The highest BCUT2D eigenvalue weighted by Gasteiger charge is 2.31. The van der Waals surface area contributed by atoms with Gasteiger partial charge in [0.2, 0.25) is 11.7 Å². The van der Waals surface area contributed by atoms with E-state index in [1.54, 1.807) is 4.90 Å². The van der Waals surface area contributed by atoms with Gasteiger partial charge in [0.05, 0.1) is 6.20 Å². The lowest BCUT2D eigenvalue weighted by Crippen LogP contribution is -2.47. The molecule has 1 fully saturated rings. The molecule has 1 aromatic carbocycles. The fourth-order valence-electron chi connectivity index (χ4n) is 3.87. The van der Waals surface area contributed by atoms with Crippen LogP contribution in [0.3, 0.4) is 0 Å². The highest BCUT2D eigenvalue weighted by atomic mass is 19.1. The predicted molar refractivity (Wildman–Crippen MR) is 96.2 cm³/mol. The first-order valence-electron chi connectivity index (χ1n) is 9.00. The average molecular weight is 373 g/mol. The summed E-state index contributed by atoms with van der Waals surface area (Å²) in [6.45, 7) is 1.86. The maximum absolute atomic E-state index is 14.1. The van der Waals surface area contributed by atoms with Crippen molar-refractivity contribution >= 4 is 11.6 Å². The summed E-state index contributed by atoms with van der Waals surface area (Å²) in [5, 5.41) is 0. The molecule has 1 aromatic heterocycles. The number of carbonyl (C=O) groups excluding carboxylic acids is 1. The fraction of sp³-hybridized carbons (Fsp3) is 0.421. The third-order valence-electron chi connectivity index (χ3n) is 5.14. The molecule has 8 heteroatoms. The summed E-state index contributed by atoms with van der Waals surface area (Å²) in [5.41, 5.74) is -0.0369. The lowest BCUT2D eigenvalue weighted by molar-refractivity contribution is -0.119. The normalized spacial score (nSPS) is 21.5. The number of fused-ring (bicyclic) bond motifs is 1. The van der Waals surface area contributed by atoms with E-state index in [1.165, 1.54) is 0 Å². The lowest BCUT2D eigenvalue weighted by Gasteiger charge is -2.23. The minimum Gasteiger partial charge on any atom is -0.358 e. The maximum atomic E-state index is 14.1. The number of anilines is 1. The van der Waals surface area contributed by atoms with Gasteiger partial charge in [0, 0.05) is 18.3 Å².